The SMILES string of the molecule is CC(=O)O[C@@H](C)CC(=O)[C@@H]1C(C)=CCCC1(C)C. The molecule has 0 aromatic carbocycles. The molecule has 0 saturated carbocycles. The van der Waals surface area contributed by atoms with Crippen LogP contribution in [0.3, 0.4) is 0 Å². The first-order valence-corrected chi connectivity index (χ1v) is 6.60. The van der Waals surface area contributed by atoms with E-state index in [-0.39, 0.29) is 29.2 Å². The van der Waals surface area contributed by atoms with Crippen LogP contribution in [0, 0.1) is 11.3 Å². The van der Waals surface area contributed by atoms with Crippen molar-refractivity contribution in [2.45, 2.75) is 60.0 Å². The number of Topliss-reactive ketones (excluding diaryl/α,β-unsaturated/α-hetero) is 1. The Bertz CT molecular complexity index is 366. The lowest BCUT2D eigenvalue weighted by atomic mass is 9.66. The van der Waals surface area contributed by atoms with E-state index in [0.717, 1.165) is 18.4 Å². The summed E-state index contributed by atoms with van der Waals surface area (Å²) in [6.07, 6.45) is 4.20. The van der Waals surface area contributed by atoms with E-state index in [1.165, 1.54) is 6.92 Å². The summed E-state index contributed by atoms with van der Waals surface area (Å²) >= 11 is 0. The van der Waals surface area contributed by atoms with Crippen LogP contribution in [0.25, 0.3) is 0 Å². The summed E-state index contributed by atoms with van der Waals surface area (Å²) in [5.74, 6) is -0.183. The zero-order chi connectivity index (χ0) is 13.9. The summed E-state index contributed by atoms with van der Waals surface area (Å²) in [4.78, 5) is 23.2. The number of ketones is 1. The molecule has 1 aliphatic rings. The summed E-state index contributed by atoms with van der Waals surface area (Å²) in [5.41, 5.74) is 1.16. The van der Waals surface area contributed by atoms with Gasteiger partial charge in [-0.25, -0.2) is 0 Å². The first-order chi connectivity index (χ1) is 8.24. The van der Waals surface area contributed by atoms with Gasteiger partial charge < -0.3 is 4.74 Å². The van der Waals surface area contributed by atoms with Crippen LogP contribution in [0.1, 0.15) is 53.9 Å². The van der Waals surface area contributed by atoms with Gasteiger partial charge in [-0.3, -0.25) is 9.59 Å². The Kier molecular flexibility index (Phi) is 4.71. The van der Waals surface area contributed by atoms with E-state index in [1.54, 1.807) is 6.92 Å². The Morgan fingerprint density at radius 2 is 2.11 bits per heavy atom. The molecule has 3 heteroatoms. The molecule has 0 bridgehead atoms. The lowest BCUT2D eigenvalue weighted by molar-refractivity contribution is -0.147. The third-order valence-corrected chi connectivity index (χ3v) is 3.67. The number of hydrogen-bond acceptors (Lipinski definition) is 3. The third kappa shape index (κ3) is 3.69. The second kappa shape index (κ2) is 5.68. The van der Waals surface area contributed by atoms with Gasteiger partial charge in [-0.1, -0.05) is 25.5 Å². The van der Waals surface area contributed by atoms with Crippen molar-refractivity contribution >= 4 is 11.8 Å². The van der Waals surface area contributed by atoms with Crippen LogP contribution in [0.4, 0.5) is 0 Å². The number of esters is 1. The number of carbonyl (C=O) groups excluding carboxylic acids is 2. The van der Waals surface area contributed by atoms with Gasteiger partial charge in [-0.05, 0) is 32.1 Å². The molecule has 0 N–H and O–H groups in total. The fourth-order valence-electron chi connectivity index (χ4n) is 2.97. The predicted octanol–water partition coefficient (Wildman–Crippen LogP) is 3.28. The molecule has 0 spiro atoms. The molecule has 0 saturated heterocycles. The maximum Gasteiger partial charge on any atom is 0.302 e. The van der Waals surface area contributed by atoms with E-state index < -0.39 is 0 Å². The van der Waals surface area contributed by atoms with Crippen molar-refractivity contribution in [2.24, 2.45) is 11.3 Å². The predicted molar refractivity (Wildman–Crippen MR) is 71.1 cm³/mol. The maximum absolute atomic E-state index is 12.4. The van der Waals surface area contributed by atoms with Gasteiger partial charge in [0.1, 0.15) is 11.9 Å². The summed E-state index contributed by atoms with van der Waals surface area (Å²) in [6.45, 7) is 9.45. The molecule has 102 valence electrons. The minimum absolute atomic E-state index is 0.00581. The molecule has 0 aromatic rings. The van der Waals surface area contributed by atoms with E-state index in [9.17, 15) is 9.59 Å². The minimum Gasteiger partial charge on any atom is -0.462 e. The molecule has 18 heavy (non-hydrogen) atoms. The summed E-state index contributed by atoms with van der Waals surface area (Å²) in [6, 6.07) is 0. The van der Waals surface area contributed by atoms with Crippen molar-refractivity contribution < 1.29 is 14.3 Å². The van der Waals surface area contributed by atoms with Gasteiger partial charge in [0.25, 0.3) is 0 Å². The molecule has 2 atom stereocenters. The Morgan fingerprint density at radius 1 is 1.50 bits per heavy atom. The van der Waals surface area contributed by atoms with E-state index in [4.69, 9.17) is 4.74 Å². The molecule has 0 heterocycles. The largest absolute Gasteiger partial charge is 0.462 e. The smallest absolute Gasteiger partial charge is 0.302 e. The Morgan fingerprint density at radius 3 is 2.61 bits per heavy atom. The van der Waals surface area contributed by atoms with Gasteiger partial charge in [0.2, 0.25) is 0 Å². The lowest BCUT2D eigenvalue weighted by Gasteiger charge is -2.37. The second-order valence-electron chi connectivity index (χ2n) is 6.00. The average molecular weight is 252 g/mol. The van der Waals surface area contributed by atoms with Crippen LogP contribution in [-0.2, 0) is 14.3 Å². The molecule has 0 aliphatic heterocycles. The zero-order valence-electron chi connectivity index (χ0n) is 12.1. The summed E-state index contributed by atoms with van der Waals surface area (Å²) in [5, 5.41) is 0. The molecule has 0 amide bonds. The highest BCUT2D eigenvalue weighted by Crippen LogP contribution is 2.41. The normalized spacial score (nSPS) is 24.1. The van der Waals surface area contributed by atoms with Crippen molar-refractivity contribution in [2.75, 3.05) is 0 Å². The zero-order valence-corrected chi connectivity index (χ0v) is 12.1. The first-order valence-electron chi connectivity index (χ1n) is 6.60. The van der Waals surface area contributed by atoms with Crippen LogP contribution in [0.5, 0.6) is 0 Å². The molecular weight excluding hydrogens is 228 g/mol. The third-order valence-electron chi connectivity index (χ3n) is 3.67. The number of rotatable bonds is 4. The van der Waals surface area contributed by atoms with Crippen LogP contribution in [0.2, 0.25) is 0 Å². The summed E-state index contributed by atoms with van der Waals surface area (Å²) < 4.78 is 5.04. The van der Waals surface area contributed by atoms with Crippen LogP contribution in [-0.4, -0.2) is 17.9 Å². The quantitative estimate of drug-likeness (QED) is 0.569. The van der Waals surface area contributed by atoms with E-state index in [0.29, 0.717) is 6.42 Å². The maximum atomic E-state index is 12.4. The van der Waals surface area contributed by atoms with Crippen molar-refractivity contribution in [1.82, 2.24) is 0 Å². The van der Waals surface area contributed by atoms with Gasteiger partial charge in [0, 0.05) is 19.3 Å². The fourth-order valence-corrected chi connectivity index (χ4v) is 2.97. The number of allylic oxidation sites excluding steroid dienone is 2. The van der Waals surface area contributed by atoms with Crippen molar-refractivity contribution in [3.05, 3.63) is 11.6 Å². The lowest BCUT2D eigenvalue weighted by Crippen LogP contribution is -2.36. The van der Waals surface area contributed by atoms with Crippen LogP contribution in [0.15, 0.2) is 11.6 Å². The molecule has 3 nitrogen and oxygen atoms in total. The van der Waals surface area contributed by atoms with Gasteiger partial charge in [-0.2, -0.15) is 0 Å². The van der Waals surface area contributed by atoms with E-state index >= 15 is 0 Å². The van der Waals surface area contributed by atoms with Crippen molar-refractivity contribution in [1.29, 1.82) is 0 Å². The Labute approximate surface area is 110 Å². The highest BCUT2D eigenvalue weighted by Gasteiger charge is 2.38. The fraction of sp³-hybridized carbons (Fsp3) is 0.733. The highest BCUT2D eigenvalue weighted by atomic mass is 16.5. The highest BCUT2D eigenvalue weighted by molar-refractivity contribution is 5.85. The number of ether oxygens (including phenoxy) is 1. The first kappa shape index (κ1) is 14.9. The molecular formula is C15H24O3. The van der Waals surface area contributed by atoms with Gasteiger partial charge >= 0.3 is 5.97 Å². The molecule has 1 rings (SSSR count). The standard InChI is InChI=1S/C15H24O3/c1-10-7-6-8-15(4,5)14(10)13(17)9-11(2)18-12(3)16/h7,11,14H,6,8-9H2,1-5H3/t11-,14-/m0/s1. The van der Waals surface area contributed by atoms with Crippen molar-refractivity contribution in [3.63, 3.8) is 0 Å². The number of carbonyl (C=O) groups is 2. The average Bonchev–Trinajstić information content (AvgIpc) is 2.13. The molecule has 0 fully saturated rings. The Balaban J connectivity index is 2.73. The van der Waals surface area contributed by atoms with Gasteiger partial charge in [0.05, 0.1) is 0 Å². The number of hydrogen-bond donors (Lipinski definition) is 0. The van der Waals surface area contributed by atoms with Crippen molar-refractivity contribution in [3.8, 4) is 0 Å². The molecule has 0 unspecified atom stereocenters. The van der Waals surface area contributed by atoms with Gasteiger partial charge in [-0.15, -0.1) is 0 Å². The topological polar surface area (TPSA) is 43.4 Å². The Hall–Kier alpha value is -1.12. The van der Waals surface area contributed by atoms with Gasteiger partial charge in [0.15, 0.2) is 0 Å². The van der Waals surface area contributed by atoms with Crippen LogP contribution >= 0.6 is 0 Å². The summed E-state index contributed by atoms with van der Waals surface area (Å²) in [7, 11) is 0. The van der Waals surface area contributed by atoms with Crippen LogP contribution < -0.4 is 0 Å². The molecule has 0 radical (unpaired) electrons. The minimum atomic E-state index is -0.333. The monoisotopic (exact) mass is 252 g/mol. The molecule has 0 aromatic heterocycles. The van der Waals surface area contributed by atoms with E-state index in [1.807, 2.05) is 6.92 Å². The molecule has 1 aliphatic carbocycles. The van der Waals surface area contributed by atoms with E-state index in [2.05, 4.69) is 19.9 Å². The second-order valence-corrected chi connectivity index (χ2v) is 6.00.